The quantitative estimate of drug-likeness (QED) is 0.202. The standard InChI is InChI=1S/C13H16ClN3O3.C2H6/c1-9(13(18)19-2)12(17-15)20-16-8-10-4-3-5-11(14)7-6-10;1-2/h3,5-8,17H,4,15H2,1-2H3;1-2H3/b12-9+,16-8+;. The molecule has 0 atom stereocenters. The number of rotatable bonds is 5. The summed E-state index contributed by atoms with van der Waals surface area (Å²) in [6.07, 6.45) is 9.46. The molecule has 1 aliphatic carbocycles. The Morgan fingerprint density at radius 1 is 1.45 bits per heavy atom. The average Bonchev–Trinajstić information content (AvgIpc) is 2.76. The van der Waals surface area contributed by atoms with Crippen molar-refractivity contribution in [1.82, 2.24) is 5.43 Å². The van der Waals surface area contributed by atoms with Crippen LogP contribution in [0.25, 0.3) is 0 Å². The van der Waals surface area contributed by atoms with E-state index >= 15 is 0 Å². The van der Waals surface area contributed by atoms with Crippen LogP contribution >= 0.6 is 11.6 Å². The molecule has 0 aromatic heterocycles. The number of hydrazine groups is 1. The second-order valence-electron chi connectivity index (χ2n) is 3.82. The number of carbonyl (C=O) groups excluding carboxylic acids is 1. The number of oxime groups is 1. The Labute approximate surface area is 135 Å². The van der Waals surface area contributed by atoms with Crippen LogP contribution in [0.15, 0.2) is 51.5 Å². The van der Waals surface area contributed by atoms with Crippen LogP contribution in [0.2, 0.25) is 0 Å². The van der Waals surface area contributed by atoms with E-state index in [1.54, 1.807) is 12.2 Å². The lowest BCUT2D eigenvalue weighted by Crippen LogP contribution is -2.25. The highest BCUT2D eigenvalue weighted by Crippen LogP contribution is 2.12. The Bertz CT molecular complexity index is 520. The van der Waals surface area contributed by atoms with Gasteiger partial charge in [0.25, 0.3) is 0 Å². The van der Waals surface area contributed by atoms with E-state index in [0.29, 0.717) is 11.5 Å². The zero-order valence-corrected chi connectivity index (χ0v) is 14.0. The highest BCUT2D eigenvalue weighted by Gasteiger charge is 2.11. The minimum Gasteiger partial charge on any atom is -0.466 e. The maximum absolute atomic E-state index is 11.3. The number of esters is 1. The van der Waals surface area contributed by atoms with Crippen LogP contribution in [0.5, 0.6) is 0 Å². The number of carbonyl (C=O) groups is 1. The van der Waals surface area contributed by atoms with Gasteiger partial charge in [0.15, 0.2) is 0 Å². The van der Waals surface area contributed by atoms with Gasteiger partial charge >= 0.3 is 5.97 Å². The van der Waals surface area contributed by atoms with E-state index < -0.39 is 5.97 Å². The fourth-order valence-electron chi connectivity index (χ4n) is 1.31. The molecule has 0 aromatic rings. The SMILES string of the molecule is CC.COC(=O)/C(C)=C(\NN)O/N=C/C1=CC=C(Cl)C=CC1. The number of hydrogen-bond donors (Lipinski definition) is 2. The summed E-state index contributed by atoms with van der Waals surface area (Å²) in [6, 6.07) is 0. The first-order chi connectivity index (χ1) is 10.6. The van der Waals surface area contributed by atoms with Crippen LogP contribution in [-0.2, 0) is 14.4 Å². The summed E-state index contributed by atoms with van der Waals surface area (Å²) in [6.45, 7) is 5.51. The van der Waals surface area contributed by atoms with Crippen molar-refractivity contribution in [3.63, 3.8) is 0 Å². The third-order valence-corrected chi connectivity index (χ3v) is 2.67. The Hall–Kier alpha value is -2.05. The van der Waals surface area contributed by atoms with Crippen molar-refractivity contribution in [2.45, 2.75) is 27.2 Å². The van der Waals surface area contributed by atoms with Crippen LogP contribution in [0.3, 0.4) is 0 Å². The van der Waals surface area contributed by atoms with Gasteiger partial charge in [0.2, 0.25) is 5.88 Å². The van der Waals surface area contributed by atoms with Gasteiger partial charge in [-0.15, -0.1) is 0 Å². The molecule has 6 nitrogen and oxygen atoms in total. The summed E-state index contributed by atoms with van der Waals surface area (Å²) in [7, 11) is 1.27. The first kappa shape index (κ1) is 19.9. The van der Waals surface area contributed by atoms with Gasteiger partial charge in [-0.25, -0.2) is 10.6 Å². The van der Waals surface area contributed by atoms with E-state index in [4.69, 9.17) is 22.3 Å². The fourth-order valence-corrected chi connectivity index (χ4v) is 1.46. The van der Waals surface area contributed by atoms with E-state index in [2.05, 4.69) is 15.3 Å². The Kier molecular flexibility index (Phi) is 10.5. The molecule has 122 valence electrons. The molecule has 0 fully saturated rings. The number of ether oxygens (including phenoxy) is 1. The largest absolute Gasteiger partial charge is 0.466 e. The van der Waals surface area contributed by atoms with Gasteiger partial charge in [-0.05, 0) is 31.1 Å². The molecule has 0 spiro atoms. The lowest BCUT2D eigenvalue weighted by atomic mass is 10.2. The summed E-state index contributed by atoms with van der Waals surface area (Å²) in [5.74, 6) is 4.73. The van der Waals surface area contributed by atoms with Crippen molar-refractivity contribution in [3.8, 4) is 0 Å². The minimum atomic E-state index is -0.556. The highest BCUT2D eigenvalue weighted by atomic mass is 35.5. The molecule has 0 bridgehead atoms. The van der Waals surface area contributed by atoms with Crippen LogP contribution in [0, 0.1) is 0 Å². The lowest BCUT2D eigenvalue weighted by Gasteiger charge is -2.06. The second kappa shape index (κ2) is 11.6. The van der Waals surface area contributed by atoms with Gasteiger partial charge in [0.1, 0.15) is 0 Å². The van der Waals surface area contributed by atoms with Gasteiger partial charge < -0.3 is 9.57 Å². The van der Waals surface area contributed by atoms with Crippen LogP contribution in [0.1, 0.15) is 27.2 Å². The van der Waals surface area contributed by atoms with Gasteiger partial charge in [0, 0.05) is 5.03 Å². The maximum Gasteiger partial charge on any atom is 0.339 e. The molecule has 0 saturated carbocycles. The molecule has 0 aliphatic heterocycles. The van der Waals surface area contributed by atoms with E-state index in [1.807, 2.05) is 26.0 Å². The Morgan fingerprint density at radius 3 is 2.73 bits per heavy atom. The van der Waals surface area contributed by atoms with E-state index in [1.165, 1.54) is 20.2 Å². The average molecular weight is 328 g/mol. The number of halogens is 1. The Balaban J connectivity index is 0.00000211. The van der Waals surface area contributed by atoms with Gasteiger partial charge in [-0.1, -0.05) is 42.8 Å². The normalized spacial score (nSPS) is 14.8. The first-order valence-electron chi connectivity index (χ1n) is 6.77. The van der Waals surface area contributed by atoms with Crippen molar-refractivity contribution in [2.24, 2.45) is 11.0 Å². The van der Waals surface area contributed by atoms with Crippen LogP contribution < -0.4 is 11.3 Å². The zero-order valence-electron chi connectivity index (χ0n) is 13.2. The number of nitrogens with zero attached hydrogens (tertiary/aromatic N) is 1. The second-order valence-corrected chi connectivity index (χ2v) is 4.25. The summed E-state index contributed by atoms with van der Waals surface area (Å²) in [5, 5.41) is 4.40. The van der Waals surface area contributed by atoms with Gasteiger partial charge in [-0.3, -0.25) is 5.43 Å². The van der Waals surface area contributed by atoms with Gasteiger partial charge in [-0.2, -0.15) is 0 Å². The monoisotopic (exact) mass is 327 g/mol. The van der Waals surface area contributed by atoms with E-state index in [-0.39, 0.29) is 11.5 Å². The summed E-state index contributed by atoms with van der Waals surface area (Å²) >= 11 is 5.85. The fraction of sp³-hybridized carbons (Fsp3) is 0.333. The predicted molar refractivity (Wildman–Crippen MR) is 88.7 cm³/mol. The smallest absolute Gasteiger partial charge is 0.339 e. The van der Waals surface area contributed by atoms with Crippen molar-refractivity contribution in [1.29, 1.82) is 0 Å². The maximum atomic E-state index is 11.3. The first-order valence-corrected chi connectivity index (χ1v) is 7.15. The zero-order chi connectivity index (χ0) is 17.0. The number of nitrogens with two attached hydrogens (primary N) is 1. The van der Waals surface area contributed by atoms with Crippen molar-refractivity contribution >= 4 is 23.8 Å². The summed E-state index contributed by atoms with van der Waals surface area (Å²) in [4.78, 5) is 16.3. The molecule has 1 aliphatic rings. The number of nitrogens with one attached hydrogen (secondary N) is 1. The molecule has 1 rings (SSSR count). The molecular weight excluding hydrogens is 306 g/mol. The number of methoxy groups -OCH3 is 1. The Morgan fingerprint density at radius 2 is 2.14 bits per heavy atom. The van der Waals surface area contributed by atoms with Crippen molar-refractivity contribution < 1.29 is 14.4 Å². The highest BCUT2D eigenvalue weighted by molar-refractivity contribution is 6.31. The molecule has 0 saturated heterocycles. The third-order valence-electron chi connectivity index (χ3n) is 2.41. The molecule has 7 heteroatoms. The van der Waals surface area contributed by atoms with Gasteiger partial charge in [0.05, 0.1) is 18.9 Å². The minimum absolute atomic E-state index is 0.0199. The molecule has 0 aromatic carbocycles. The number of hydrogen-bond acceptors (Lipinski definition) is 6. The molecule has 0 radical (unpaired) electrons. The topological polar surface area (TPSA) is 85.9 Å². The number of allylic oxidation sites excluding steroid dienone is 6. The molecule has 0 heterocycles. The summed E-state index contributed by atoms with van der Waals surface area (Å²) < 4.78 is 4.55. The predicted octanol–water partition coefficient (Wildman–Crippen LogP) is 2.89. The van der Waals surface area contributed by atoms with E-state index in [0.717, 1.165) is 5.57 Å². The molecular formula is C15H22ClN3O3. The van der Waals surface area contributed by atoms with E-state index in [9.17, 15) is 4.79 Å². The van der Waals surface area contributed by atoms with Crippen LogP contribution in [-0.4, -0.2) is 19.3 Å². The summed E-state index contributed by atoms with van der Waals surface area (Å²) in [5.41, 5.74) is 3.33. The third kappa shape index (κ3) is 7.10. The lowest BCUT2D eigenvalue weighted by molar-refractivity contribution is -0.136. The van der Waals surface area contributed by atoms with Crippen molar-refractivity contribution in [3.05, 3.63) is 46.4 Å². The molecule has 22 heavy (non-hydrogen) atoms. The van der Waals surface area contributed by atoms with Crippen molar-refractivity contribution in [2.75, 3.05) is 7.11 Å². The molecule has 3 N–H and O–H groups in total. The molecule has 0 amide bonds. The molecule has 0 unspecified atom stereocenters. The van der Waals surface area contributed by atoms with Crippen LogP contribution in [0.4, 0.5) is 0 Å².